The van der Waals surface area contributed by atoms with Crippen molar-refractivity contribution in [2.45, 2.75) is 39.2 Å². The lowest BCUT2D eigenvalue weighted by Crippen LogP contribution is -1.97. The molecule has 0 saturated heterocycles. The van der Waals surface area contributed by atoms with Crippen molar-refractivity contribution >= 4 is 10.9 Å². The Morgan fingerprint density at radius 1 is 1.26 bits per heavy atom. The summed E-state index contributed by atoms with van der Waals surface area (Å²) in [5, 5.41) is 9.72. The predicted octanol–water partition coefficient (Wildman–Crippen LogP) is 4.12. The topological polar surface area (TPSA) is 38.0 Å². The molecule has 1 heterocycles. The van der Waals surface area contributed by atoms with Gasteiger partial charge in [0.2, 0.25) is 0 Å². The molecular weight excluding hydrogens is 236 g/mol. The van der Waals surface area contributed by atoms with E-state index in [4.69, 9.17) is 10.00 Å². The van der Waals surface area contributed by atoms with Gasteiger partial charge in [0.05, 0.1) is 18.2 Å². The Morgan fingerprint density at radius 2 is 2.16 bits per heavy atom. The number of unbranched alkanes of at least 4 members (excludes halogenated alkanes) is 2. The van der Waals surface area contributed by atoms with Crippen molar-refractivity contribution in [2.24, 2.45) is 0 Å². The molecule has 1 aromatic heterocycles. The number of benzene rings is 1. The van der Waals surface area contributed by atoms with Crippen molar-refractivity contribution in [3.63, 3.8) is 0 Å². The molecule has 0 fully saturated rings. The van der Waals surface area contributed by atoms with Crippen molar-refractivity contribution in [1.82, 2.24) is 4.57 Å². The molecule has 0 amide bonds. The van der Waals surface area contributed by atoms with Gasteiger partial charge in [0.15, 0.2) is 0 Å². The van der Waals surface area contributed by atoms with E-state index in [0.717, 1.165) is 38.2 Å². The molecule has 0 aliphatic heterocycles. The molecule has 1 aromatic carbocycles. The van der Waals surface area contributed by atoms with Crippen molar-refractivity contribution in [3.8, 4) is 11.8 Å². The van der Waals surface area contributed by atoms with E-state index < -0.39 is 0 Å². The summed E-state index contributed by atoms with van der Waals surface area (Å²) in [6.45, 7) is 3.83. The summed E-state index contributed by atoms with van der Waals surface area (Å²) in [7, 11) is 0. The fraction of sp³-hybridized carbons (Fsp3) is 0.438. The zero-order valence-corrected chi connectivity index (χ0v) is 11.4. The minimum Gasteiger partial charge on any atom is -0.493 e. The lowest BCUT2D eigenvalue weighted by atomic mass is 10.2. The molecule has 2 aromatic rings. The molecule has 0 aliphatic rings. The van der Waals surface area contributed by atoms with Crippen molar-refractivity contribution in [3.05, 3.63) is 30.5 Å². The van der Waals surface area contributed by atoms with Gasteiger partial charge in [0.25, 0.3) is 0 Å². The summed E-state index contributed by atoms with van der Waals surface area (Å²) < 4.78 is 8.01. The lowest BCUT2D eigenvalue weighted by Gasteiger charge is -2.08. The van der Waals surface area contributed by atoms with Crippen LogP contribution >= 0.6 is 0 Å². The van der Waals surface area contributed by atoms with Gasteiger partial charge in [0, 0.05) is 24.5 Å². The van der Waals surface area contributed by atoms with Gasteiger partial charge < -0.3 is 9.30 Å². The number of aryl methyl sites for hydroxylation is 1. The van der Waals surface area contributed by atoms with Gasteiger partial charge >= 0.3 is 0 Å². The summed E-state index contributed by atoms with van der Waals surface area (Å²) in [5.74, 6) is 0.968. The molecule has 100 valence electrons. The zero-order chi connectivity index (χ0) is 13.5. The van der Waals surface area contributed by atoms with Crippen molar-refractivity contribution < 1.29 is 4.74 Å². The molecule has 2 rings (SSSR count). The Balaban J connectivity index is 2.12. The van der Waals surface area contributed by atoms with E-state index in [9.17, 15) is 0 Å². The third-order valence-corrected chi connectivity index (χ3v) is 3.17. The number of aromatic nitrogens is 1. The monoisotopic (exact) mass is 256 g/mol. The number of hydrogen-bond donors (Lipinski definition) is 0. The number of fused-ring (bicyclic) bond motifs is 1. The predicted molar refractivity (Wildman–Crippen MR) is 77.2 cm³/mol. The quantitative estimate of drug-likeness (QED) is 0.699. The largest absolute Gasteiger partial charge is 0.493 e. The summed E-state index contributed by atoms with van der Waals surface area (Å²) in [5.41, 5.74) is 1.21. The molecule has 0 radical (unpaired) electrons. The Morgan fingerprint density at radius 3 is 2.95 bits per heavy atom. The number of hydrogen-bond acceptors (Lipinski definition) is 2. The van der Waals surface area contributed by atoms with Gasteiger partial charge in [-0.05, 0) is 37.5 Å². The molecule has 3 nitrogen and oxygen atoms in total. The van der Waals surface area contributed by atoms with E-state index >= 15 is 0 Å². The average Bonchev–Trinajstić information content (AvgIpc) is 2.85. The summed E-state index contributed by atoms with van der Waals surface area (Å²) in [4.78, 5) is 0. The molecule has 0 unspecified atom stereocenters. The van der Waals surface area contributed by atoms with Crippen LogP contribution in [0.15, 0.2) is 30.5 Å². The van der Waals surface area contributed by atoms with Crippen LogP contribution in [0.2, 0.25) is 0 Å². The molecule has 3 heteroatoms. The van der Waals surface area contributed by atoms with E-state index in [0.29, 0.717) is 6.42 Å². The number of rotatable bonds is 7. The van der Waals surface area contributed by atoms with E-state index in [1.807, 2.05) is 12.1 Å². The third-order valence-electron chi connectivity index (χ3n) is 3.17. The average molecular weight is 256 g/mol. The fourth-order valence-corrected chi connectivity index (χ4v) is 2.21. The van der Waals surface area contributed by atoms with Crippen LogP contribution in [0.5, 0.6) is 5.75 Å². The molecular formula is C16H20N2O. The first kappa shape index (κ1) is 13.5. The fourth-order valence-electron chi connectivity index (χ4n) is 2.21. The standard InChI is InChI=1S/C16H20N2O/c1-2-13-19-16-8-6-7-15-14(16)9-12-18(15)11-5-3-4-10-17/h6-9,12H,2-5,11,13H2,1H3. The highest BCUT2D eigenvalue weighted by Crippen LogP contribution is 2.27. The smallest absolute Gasteiger partial charge is 0.128 e. The molecule has 0 aliphatic carbocycles. The van der Waals surface area contributed by atoms with Crippen LogP contribution in [-0.2, 0) is 6.54 Å². The maximum atomic E-state index is 8.54. The van der Waals surface area contributed by atoms with E-state index in [1.165, 1.54) is 10.9 Å². The normalized spacial score (nSPS) is 10.5. The maximum Gasteiger partial charge on any atom is 0.128 e. The highest BCUT2D eigenvalue weighted by atomic mass is 16.5. The van der Waals surface area contributed by atoms with E-state index in [1.54, 1.807) is 0 Å². The third kappa shape index (κ3) is 3.29. The molecule has 0 N–H and O–H groups in total. The highest BCUT2D eigenvalue weighted by molar-refractivity contribution is 5.86. The van der Waals surface area contributed by atoms with Crippen LogP contribution in [0.4, 0.5) is 0 Å². The summed E-state index contributed by atoms with van der Waals surface area (Å²) in [6.07, 6.45) is 5.77. The van der Waals surface area contributed by atoms with E-state index in [-0.39, 0.29) is 0 Å². The number of ether oxygens (including phenoxy) is 1. The van der Waals surface area contributed by atoms with Crippen LogP contribution in [0, 0.1) is 11.3 Å². The maximum absolute atomic E-state index is 8.54. The van der Waals surface area contributed by atoms with Crippen LogP contribution in [0.3, 0.4) is 0 Å². The summed E-state index contributed by atoms with van der Waals surface area (Å²) >= 11 is 0. The van der Waals surface area contributed by atoms with Gasteiger partial charge in [-0.2, -0.15) is 5.26 Å². The van der Waals surface area contributed by atoms with Crippen LogP contribution in [0.25, 0.3) is 10.9 Å². The SMILES string of the molecule is CCCOc1cccc2c1ccn2CCCCC#N. The van der Waals surface area contributed by atoms with Crippen LogP contribution in [-0.4, -0.2) is 11.2 Å². The first-order chi connectivity index (χ1) is 9.36. The summed E-state index contributed by atoms with van der Waals surface area (Å²) in [6, 6.07) is 10.5. The Labute approximate surface area is 114 Å². The zero-order valence-electron chi connectivity index (χ0n) is 11.4. The number of nitrogens with zero attached hydrogens (tertiary/aromatic N) is 2. The van der Waals surface area contributed by atoms with Gasteiger partial charge in [-0.15, -0.1) is 0 Å². The Kier molecular flexibility index (Phi) is 4.85. The minimum atomic E-state index is 0.643. The lowest BCUT2D eigenvalue weighted by molar-refractivity contribution is 0.321. The second-order valence-corrected chi connectivity index (χ2v) is 4.66. The van der Waals surface area contributed by atoms with Crippen LogP contribution < -0.4 is 4.74 Å². The Bertz CT molecular complexity index is 566. The first-order valence-corrected chi connectivity index (χ1v) is 6.94. The van der Waals surface area contributed by atoms with Crippen molar-refractivity contribution in [1.29, 1.82) is 5.26 Å². The van der Waals surface area contributed by atoms with Crippen LogP contribution in [0.1, 0.15) is 32.6 Å². The molecule has 0 saturated carbocycles. The molecule has 19 heavy (non-hydrogen) atoms. The Hall–Kier alpha value is -1.95. The molecule has 0 bridgehead atoms. The second-order valence-electron chi connectivity index (χ2n) is 4.66. The van der Waals surface area contributed by atoms with Gasteiger partial charge in [-0.1, -0.05) is 13.0 Å². The van der Waals surface area contributed by atoms with Gasteiger partial charge in [0.1, 0.15) is 5.75 Å². The highest BCUT2D eigenvalue weighted by Gasteiger charge is 2.06. The first-order valence-electron chi connectivity index (χ1n) is 6.94. The van der Waals surface area contributed by atoms with Crippen molar-refractivity contribution in [2.75, 3.05) is 6.61 Å². The van der Waals surface area contributed by atoms with Gasteiger partial charge in [-0.3, -0.25) is 0 Å². The number of nitriles is 1. The molecule has 0 atom stereocenters. The minimum absolute atomic E-state index is 0.643. The second kappa shape index (κ2) is 6.84. The molecule has 0 spiro atoms. The van der Waals surface area contributed by atoms with E-state index in [2.05, 4.69) is 35.9 Å². The van der Waals surface area contributed by atoms with Gasteiger partial charge in [-0.25, -0.2) is 0 Å².